The Bertz CT molecular complexity index is 456. The molecule has 0 aromatic carbocycles. The molecule has 3 aliphatic rings. The van der Waals surface area contributed by atoms with Gasteiger partial charge in [0.1, 0.15) is 5.60 Å². The summed E-state index contributed by atoms with van der Waals surface area (Å²) in [5.74, 6) is 0.454. The first-order valence-electron chi connectivity index (χ1n) is 5.88. The Labute approximate surface area is 104 Å². The van der Waals surface area contributed by atoms with E-state index in [0.717, 1.165) is 12.8 Å². The molecule has 0 aliphatic heterocycles. The van der Waals surface area contributed by atoms with Crippen LogP contribution in [-0.4, -0.2) is 19.5 Å². The quantitative estimate of drug-likeness (QED) is 0.444. The van der Waals surface area contributed by atoms with Crippen LogP contribution in [0.4, 0.5) is 13.2 Å². The van der Waals surface area contributed by atoms with E-state index >= 15 is 0 Å². The maximum Gasteiger partial charge on any atom is 0.523 e. The normalized spacial score (nSPS) is 35.1. The average Bonchev–Trinajstić information content (AvgIpc) is 2.27. The Hall–Kier alpha value is -0.560. The maximum absolute atomic E-state index is 12.4. The largest absolute Gasteiger partial charge is 0.523 e. The zero-order valence-electron chi connectivity index (χ0n) is 9.96. The van der Waals surface area contributed by atoms with Crippen LogP contribution in [-0.2, 0) is 14.3 Å². The van der Waals surface area contributed by atoms with Crippen molar-refractivity contribution in [1.29, 1.82) is 0 Å². The van der Waals surface area contributed by atoms with Crippen molar-refractivity contribution >= 4 is 10.1 Å². The fourth-order valence-electron chi connectivity index (χ4n) is 2.94. The highest BCUT2D eigenvalue weighted by atomic mass is 32.2. The molecular formula is C11H15F3O3S. The molecule has 0 spiro atoms. The van der Waals surface area contributed by atoms with Gasteiger partial charge in [-0.25, -0.2) is 0 Å². The first-order valence-corrected chi connectivity index (χ1v) is 7.28. The fourth-order valence-corrected chi connectivity index (χ4v) is 3.73. The van der Waals surface area contributed by atoms with E-state index in [1.165, 1.54) is 0 Å². The summed E-state index contributed by atoms with van der Waals surface area (Å²) in [5.41, 5.74) is -5.91. The van der Waals surface area contributed by atoms with Gasteiger partial charge in [-0.1, -0.05) is 6.08 Å². The predicted octanol–water partition coefficient (Wildman–Crippen LogP) is 3.13. The summed E-state index contributed by atoms with van der Waals surface area (Å²) in [6.07, 6.45) is 4.50. The van der Waals surface area contributed by atoms with Gasteiger partial charge >= 0.3 is 15.6 Å². The van der Waals surface area contributed by atoms with Crippen LogP contribution in [0.15, 0.2) is 11.6 Å². The van der Waals surface area contributed by atoms with Gasteiger partial charge in [-0.3, -0.25) is 4.18 Å². The van der Waals surface area contributed by atoms with Crippen LogP contribution in [0.1, 0.15) is 39.0 Å². The molecule has 104 valence electrons. The molecule has 0 aromatic heterocycles. The zero-order valence-corrected chi connectivity index (χ0v) is 10.8. The second-order valence-electron chi connectivity index (χ2n) is 4.94. The Balaban J connectivity index is 2.31. The molecule has 18 heavy (non-hydrogen) atoms. The lowest BCUT2D eigenvalue weighted by Gasteiger charge is -2.47. The van der Waals surface area contributed by atoms with E-state index in [4.69, 9.17) is 0 Å². The highest BCUT2D eigenvalue weighted by Crippen LogP contribution is 2.51. The molecule has 3 nitrogen and oxygen atoms in total. The lowest BCUT2D eigenvalue weighted by Crippen LogP contribution is -2.47. The Kier molecular flexibility index (Phi) is 3.26. The highest BCUT2D eigenvalue weighted by Gasteiger charge is 2.55. The molecule has 0 radical (unpaired) electrons. The zero-order chi connectivity index (χ0) is 13.6. The van der Waals surface area contributed by atoms with Crippen LogP contribution in [0, 0.1) is 5.92 Å². The van der Waals surface area contributed by atoms with Crippen molar-refractivity contribution in [3.05, 3.63) is 11.6 Å². The summed E-state index contributed by atoms with van der Waals surface area (Å²) in [6, 6.07) is 0. The fraction of sp³-hybridized carbons (Fsp3) is 0.818. The third-order valence-electron chi connectivity index (χ3n) is 3.91. The van der Waals surface area contributed by atoms with Gasteiger partial charge < -0.3 is 0 Å². The maximum atomic E-state index is 12.4. The molecule has 3 saturated carbocycles. The van der Waals surface area contributed by atoms with E-state index in [1.807, 2.05) is 0 Å². The van der Waals surface area contributed by atoms with Gasteiger partial charge in [0.25, 0.3) is 0 Å². The van der Waals surface area contributed by atoms with Gasteiger partial charge in [0.2, 0.25) is 0 Å². The van der Waals surface area contributed by atoms with Crippen molar-refractivity contribution in [3.8, 4) is 0 Å². The predicted molar refractivity (Wildman–Crippen MR) is 59.1 cm³/mol. The Morgan fingerprint density at radius 3 is 2.33 bits per heavy atom. The molecule has 3 fully saturated rings. The van der Waals surface area contributed by atoms with Crippen LogP contribution in [0.3, 0.4) is 0 Å². The van der Waals surface area contributed by atoms with E-state index in [-0.39, 0.29) is 0 Å². The minimum atomic E-state index is -5.53. The van der Waals surface area contributed by atoms with Crippen molar-refractivity contribution < 1.29 is 25.8 Å². The van der Waals surface area contributed by atoms with Gasteiger partial charge in [0.05, 0.1) is 0 Å². The number of fused-ring (bicyclic) bond motifs is 3. The molecule has 0 saturated heterocycles. The minimum absolute atomic E-state index is 0.354. The summed E-state index contributed by atoms with van der Waals surface area (Å²) in [5, 5.41) is 0. The van der Waals surface area contributed by atoms with E-state index < -0.39 is 21.2 Å². The minimum Gasteiger partial charge on any atom is -0.252 e. The van der Waals surface area contributed by atoms with Gasteiger partial charge in [-0.2, -0.15) is 21.6 Å². The number of halogens is 3. The van der Waals surface area contributed by atoms with Gasteiger partial charge in [-0.15, -0.1) is 0 Å². The lowest BCUT2D eigenvalue weighted by molar-refractivity contribution is -0.0703. The van der Waals surface area contributed by atoms with Crippen molar-refractivity contribution in [3.63, 3.8) is 0 Å². The average molecular weight is 284 g/mol. The topological polar surface area (TPSA) is 43.4 Å². The van der Waals surface area contributed by atoms with Crippen molar-refractivity contribution in [2.24, 2.45) is 5.92 Å². The standard InChI is InChI=1S/C11H15F3O3S/c1-2-9-7-8-3-5-10(9,6-4-8)17-18(15,16)11(12,13)14/h2,8H,3-7H2,1H3/b9-2-. The lowest BCUT2D eigenvalue weighted by atomic mass is 9.65. The van der Waals surface area contributed by atoms with Crippen molar-refractivity contribution in [1.82, 2.24) is 0 Å². The van der Waals surface area contributed by atoms with Crippen LogP contribution in [0.25, 0.3) is 0 Å². The van der Waals surface area contributed by atoms with Gasteiger partial charge in [-0.05, 0) is 50.5 Å². The number of alkyl halides is 3. The number of hydrogen-bond donors (Lipinski definition) is 0. The third kappa shape index (κ3) is 2.18. The molecule has 3 rings (SSSR count). The van der Waals surface area contributed by atoms with E-state index in [2.05, 4.69) is 4.18 Å². The number of allylic oxidation sites excluding steroid dienone is 1. The van der Waals surface area contributed by atoms with Gasteiger partial charge in [0.15, 0.2) is 0 Å². The molecular weight excluding hydrogens is 269 g/mol. The monoisotopic (exact) mass is 284 g/mol. The molecule has 2 bridgehead atoms. The molecule has 0 N–H and O–H groups in total. The highest BCUT2D eigenvalue weighted by molar-refractivity contribution is 7.87. The van der Waals surface area contributed by atoms with E-state index in [0.29, 0.717) is 30.8 Å². The van der Waals surface area contributed by atoms with Crippen molar-refractivity contribution in [2.45, 2.75) is 50.1 Å². The second kappa shape index (κ2) is 4.23. The van der Waals surface area contributed by atoms with Crippen molar-refractivity contribution in [2.75, 3.05) is 0 Å². The van der Waals surface area contributed by atoms with Crippen LogP contribution in [0.5, 0.6) is 0 Å². The van der Waals surface area contributed by atoms with Crippen LogP contribution in [0.2, 0.25) is 0 Å². The number of hydrogen-bond acceptors (Lipinski definition) is 3. The molecule has 3 aliphatic carbocycles. The Morgan fingerprint density at radius 1 is 1.33 bits per heavy atom. The summed E-state index contributed by atoms with van der Waals surface area (Å²) in [7, 11) is -5.53. The smallest absolute Gasteiger partial charge is 0.252 e. The second-order valence-corrected chi connectivity index (χ2v) is 6.48. The molecule has 0 heterocycles. The van der Waals surface area contributed by atoms with Crippen LogP contribution < -0.4 is 0 Å². The number of rotatable bonds is 2. The molecule has 0 atom stereocenters. The molecule has 0 unspecified atom stereocenters. The van der Waals surface area contributed by atoms with Gasteiger partial charge in [0, 0.05) is 0 Å². The third-order valence-corrected chi connectivity index (χ3v) is 5.01. The molecule has 0 aromatic rings. The molecule has 0 amide bonds. The summed E-state index contributed by atoms with van der Waals surface area (Å²) in [6.45, 7) is 1.71. The summed E-state index contributed by atoms with van der Waals surface area (Å²) >= 11 is 0. The van der Waals surface area contributed by atoms with Crippen LogP contribution >= 0.6 is 0 Å². The SMILES string of the molecule is C/C=C1/CC2CCC1(OS(=O)(=O)C(F)(F)F)CC2. The first kappa shape index (κ1) is 13.9. The van der Waals surface area contributed by atoms with E-state index in [1.54, 1.807) is 13.0 Å². The summed E-state index contributed by atoms with van der Waals surface area (Å²) < 4.78 is 64.2. The summed E-state index contributed by atoms with van der Waals surface area (Å²) in [4.78, 5) is 0. The molecule has 7 heteroatoms. The van der Waals surface area contributed by atoms with E-state index in [9.17, 15) is 21.6 Å². The Morgan fingerprint density at radius 2 is 1.89 bits per heavy atom. The first-order chi connectivity index (χ1) is 8.20.